The summed E-state index contributed by atoms with van der Waals surface area (Å²) >= 11 is 6.07. The molecular weight excluding hydrogens is 540 g/mol. The van der Waals surface area contributed by atoms with Crippen LogP contribution in [0.25, 0.3) is 22.0 Å². The molecule has 0 fully saturated rings. The van der Waals surface area contributed by atoms with E-state index in [0.717, 1.165) is 27.7 Å². The summed E-state index contributed by atoms with van der Waals surface area (Å²) in [4.78, 5) is 31.6. The van der Waals surface area contributed by atoms with Gasteiger partial charge in [0.25, 0.3) is 5.91 Å². The number of nitrogens with zero attached hydrogens (tertiary/aromatic N) is 2. The zero-order valence-electron chi connectivity index (χ0n) is 22.6. The average Bonchev–Trinajstić information content (AvgIpc) is 3.37. The van der Waals surface area contributed by atoms with E-state index >= 15 is 0 Å². The quantitative estimate of drug-likeness (QED) is 0.0961. The van der Waals surface area contributed by atoms with Gasteiger partial charge in [-0.25, -0.2) is 10.2 Å². The van der Waals surface area contributed by atoms with Gasteiger partial charge in [-0.3, -0.25) is 4.79 Å². The fourth-order valence-corrected chi connectivity index (χ4v) is 4.60. The summed E-state index contributed by atoms with van der Waals surface area (Å²) in [5, 5.41) is 5.46. The molecule has 1 heterocycles. The molecule has 0 spiro atoms. The molecule has 1 aromatic heterocycles. The first-order valence-corrected chi connectivity index (χ1v) is 13.1. The van der Waals surface area contributed by atoms with Gasteiger partial charge in [0.05, 0.1) is 13.3 Å². The number of aromatic nitrogens is 1. The summed E-state index contributed by atoms with van der Waals surface area (Å²) in [6.07, 6.45) is 1.42. The zero-order valence-corrected chi connectivity index (χ0v) is 23.4. The normalized spacial score (nSPS) is 11.0. The Morgan fingerprint density at radius 3 is 2.44 bits per heavy atom. The Bertz CT molecular complexity index is 1760. The lowest BCUT2D eigenvalue weighted by Gasteiger charge is -2.12. The number of ether oxygens (including phenoxy) is 2. The van der Waals surface area contributed by atoms with E-state index in [4.69, 9.17) is 21.1 Å². The molecule has 0 saturated carbocycles. The molecule has 8 nitrogen and oxygen atoms in total. The Morgan fingerprint density at radius 2 is 1.68 bits per heavy atom. The zero-order chi connectivity index (χ0) is 28.9. The third-order valence-corrected chi connectivity index (χ3v) is 6.70. The van der Waals surface area contributed by atoms with Crippen molar-refractivity contribution < 1.29 is 19.1 Å². The van der Waals surface area contributed by atoms with Crippen molar-refractivity contribution in [3.63, 3.8) is 0 Å². The minimum absolute atomic E-state index is 0.185. The van der Waals surface area contributed by atoms with Crippen LogP contribution in [0, 0.1) is 0 Å². The summed E-state index contributed by atoms with van der Waals surface area (Å²) in [6, 6.07) is 27.3. The van der Waals surface area contributed by atoms with Crippen molar-refractivity contribution in [3.05, 3.63) is 113 Å². The summed E-state index contributed by atoms with van der Waals surface area (Å²) in [6.45, 7) is 0. The Balaban J connectivity index is 1.41. The van der Waals surface area contributed by atoms with Gasteiger partial charge < -0.3 is 19.4 Å². The number of para-hydroxylation sites is 1. The lowest BCUT2D eigenvalue weighted by atomic mass is 10.0. The summed E-state index contributed by atoms with van der Waals surface area (Å²) < 4.78 is 10.9. The van der Waals surface area contributed by atoms with Gasteiger partial charge in [-0.1, -0.05) is 54.1 Å². The van der Waals surface area contributed by atoms with Crippen LogP contribution in [0.1, 0.15) is 26.4 Å². The Hall–Kier alpha value is -5.08. The second-order valence-electron chi connectivity index (χ2n) is 9.34. The SMILES string of the molecule is COc1ccc(Cl)cc1C(=O)Oc1ccccc1C=NNC(=O)c1[nH]c2ccc(N(C)C)cc2c1-c1ccccc1. The number of carbonyl (C=O) groups excluding carboxylic acids is 2. The largest absolute Gasteiger partial charge is 0.496 e. The van der Waals surface area contributed by atoms with Crippen molar-refractivity contribution in [1.82, 2.24) is 10.4 Å². The first kappa shape index (κ1) is 27.5. The molecule has 2 N–H and O–H groups in total. The number of aromatic amines is 1. The van der Waals surface area contributed by atoms with Gasteiger partial charge in [-0.05, 0) is 54.1 Å². The molecule has 0 atom stereocenters. The first-order valence-electron chi connectivity index (χ1n) is 12.7. The predicted octanol–water partition coefficient (Wildman–Crippen LogP) is 6.55. The number of benzene rings is 4. The number of nitrogens with one attached hydrogen (secondary N) is 2. The van der Waals surface area contributed by atoms with Gasteiger partial charge in [0.2, 0.25) is 0 Å². The smallest absolute Gasteiger partial charge is 0.347 e. The fraction of sp³-hybridized carbons (Fsp3) is 0.0938. The van der Waals surface area contributed by atoms with Crippen molar-refractivity contribution in [3.8, 4) is 22.6 Å². The number of methoxy groups -OCH3 is 1. The van der Waals surface area contributed by atoms with Crippen LogP contribution in [0.4, 0.5) is 5.69 Å². The molecule has 0 aliphatic heterocycles. The van der Waals surface area contributed by atoms with Gasteiger partial charge in [-0.15, -0.1) is 0 Å². The molecule has 1 amide bonds. The highest BCUT2D eigenvalue weighted by Gasteiger charge is 2.20. The molecule has 0 aliphatic carbocycles. The predicted molar refractivity (Wildman–Crippen MR) is 163 cm³/mol. The van der Waals surface area contributed by atoms with Crippen LogP contribution in [0.2, 0.25) is 5.02 Å². The van der Waals surface area contributed by atoms with E-state index in [9.17, 15) is 9.59 Å². The Kier molecular flexibility index (Phi) is 8.03. The topological polar surface area (TPSA) is 96.0 Å². The van der Waals surface area contributed by atoms with Crippen LogP contribution in [0.15, 0.2) is 96.1 Å². The number of rotatable bonds is 8. The monoisotopic (exact) mass is 566 g/mol. The number of H-pyrrole nitrogens is 1. The molecule has 0 unspecified atom stereocenters. The van der Waals surface area contributed by atoms with Gasteiger partial charge in [0.1, 0.15) is 22.8 Å². The number of anilines is 1. The van der Waals surface area contributed by atoms with Gasteiger partial charge in [0.15, 0.2) is 0 Å². The van der Waals surface area contributed by atoms with E-state index in [2.05, 4.69) is 15.5 Å². The third kappa shape index (κ3) is 5.92. The maximum absolute atomic E-state index is 13.4. The number of amides is 1. The van der Waals surface area contributed by atoms with E-state index in [1.807, 2.05) is 67.5 Å². The first-order chi connectivity index (χ1) is 19.9. The van der Waals surface area contributed by atoms with Crippen molar-refractivity contribution >= 4 is 46.3 Å². The number of fused-ring (bicyclic) bond motifs is 1. The molecule has 41 heavy (non-hydrogen) atoms. The van der Waals surface area contributed by atoms with Crippen molar-refractivity contribution in [1.29, 1.82) is 0 Å². The number of hydrogen-bond acceptors (Lipinski definition) is 6. The molecule has 5 aromatic rings. The average molecular weight is 567 g/mol. The molecule has 0 bridgehead atoms. The van der Waals surface area contributed by atoms with E-state index in [0.29, 0.717) is 22.0 Å². The molecular formula is C32H27ClN4O4. The van der Waals surface area contributed by atoms with E-state index in [-0.39, 0.29) is 11.3 Å². The summed E-state index contributed by atoms with van der Waals surface area (Å²) in [5.41, 5.74) is 7.18. The molecule has 9 heteroatoms. The van der Waals surface area contributed by atoms with E-state index < -0.39 is 11.9 Å². The number of esters is 1. The Morgan fingerprint density at radius 1 is 0.927 bits per heavy atom. The molecule has 206 valence electrons. The van der Waals surface area contributed by atoms with Crippen LogP contribution >= 0.6 is 11.6 Å². The van der Waals surface area contributed by atoms with Crippen LogP contribution < -0.4 is 19.8 Å². The number of halogens is 1. The maximum atomic E-state index is 13.4. The van der Waals surface area contributed by atoms with Crippen molar-refractivity contribution in [2.45, 2.75) is 0 Å². The lowest BCUT2D eigenvalue weighted by molar-refractivity contribution is 0.0730. The fourth-order valence-electron chi connectivity index (χ4n) is 4.42. The van der Waals surface area contributed by atoms with Crippen molar-refractivity contribution in [2.75, 3.05) is 26.1 Å². The second-order valence-corrected chi connectivity index (χ2v) is 9.77. The van der Waals surface area contributed by atoms with Crippen LogP contribution in [-0.4, -0.2) is 44.3 Å². The maximum Gasteiger partial charge on any atom is 0.347 e. The Labute approximate surface area is 242 Å². The standard InChI is InChI=1S/C32H27ClN4O4/c1-37(2)23-14-15-26-24(18-23)29(20-9-5-4-6-10-20)30(35-26)31(38)36-34-19-21-11-7-8-12-27(21)41-32(39)25-17-22(33)13-16-28(25)40-3/h4-19,35H,1-3H3,(H,36,38). The molecule has 0 radical (unpaired) electrons. The highest BCUT2D eigenvalue weighted by molar-refractivity contribution is 6.31. The van der Waals surface area contributed by atoms with Crippen LogP contribution in [0.5, 0.6) is 11.5 Å². The van der Waals surface area contributed by atoms with E-state index in [1.54, 1.807) is 36.4 Å². The van der Waals surface area contributed by atoms with E-state index in [1.165, 1.54) is 19.4 Å². The summed E-state index contributed by atoms with van der Waals surface area (Å²) in [5.74, 6) is -0.467. The highest BCUT2D eigenvalue weighted by Crippen LogP contribution is 2.34. The highest BCUT2D eigenvalue weighted by atomic mass is 35.5. The molecule has 5 rings (SSSR count). The molecule has 0 aliphatic rings. The van der Waals surface area contributed by atoms with Gasteiger partial charge in [0, 0.05) is 46.8 Å². The molecule has 0 saturated heterocycles. The van der Waals surface area contributed by atoms with Gasteiger partial charge >= 0.3 is 5.97 Å². The van der Waals surface area contributed by atoms with Gasteiger partial charge in [-0.2, -0.15) is 5.10 Å². The third-order valence-electron chi connectivity index (χ3n) is 6.46. The minimum atomic E-state index is -0.642. The number of carbonyl (C=O) groups is 2. The van der Waals surface area contributed by atoms with Crippen LogP contribution in [-0.2, 0) is 0 Å². The lowest BCUT2D eigenvalue weighted by Crippen LogP contribution is -2.19. The number of hydrazone groups is 1. The number of hydrogen-bond donors (Lipinski definition) is 2. The molecule has 4 aromatic carbocycles. The summed E-state index contributed by atoms with van der Waals surface area (Å²) in [7, 11) is 5.40. The van der Waals surface area contributed by atoms with Crippen molar-refractivity contribution in [2.24, 2.45) is 5.10 Å². The second kappa shape index (κ2) is 12.0. The minimum Gasteiger partial charge on any atom is -0.496 e. The van der Waals surface area contributed by atoms with Crippen LogP contribution in [0.3, 0.4) is 0 Å².